The van der Waals surface area contributed by atoms with Crippen molar-refractivity contribution in [2.45, 2.75) is 41.6 Å². The van der Waals surface area contributed by atoms with Crippen LogP contribution in [0.2, 0.25) is 0 Å². The van der Waals surface area contributed by atoms with Gasteiger partial charge in [0, 0.05) is 13.2 Å². The van der Waals surface area contributed by atoms with E-state index in [4.69, 9.17) is 10.2 Å². The number of benzene rings is 1. The summed E-state index contributed by atoms with van der Waals surface area (Å²) in [5.74, 6) is -1.03. The molecule has 132 valence electrons. The van der Waals surface area contributed by atoms with Crippen molar-refractivity contribution in [3.8, 4) is 0 Å². The van der Waals surface area contributed by atoms with Crippen LogP contribution in [0.1, 0.15) is 19.8 Å². The SMILES string of the molecule is CCCn1c(SC(CCO)C(=O)O)nc2cc(S(N)(=O)=O)ccc21. The van der Waals surface area contributed by atoms with Crippen LogP contribution in [0.4, 0.5) is 0 Å². The smallest absolute Gasteiger partial charge is 0.317 e. The summed E-state index contributed by atoms with van der Waals surface area (Å²) in [7, 11) is -3.84. The Morgan fingerprint density at radius 2 is 2.17 bits per heavy atom. The molecule has 24 heavy (non-hydrogen) atoms. The zero-order valence-electron chi connectivity index (χ0n) is 13.0. The first-order valence-corrected chi connectivity index (χ1v) is 9.74. The van der Waals surface area contributed by atoms with Crippen molar-refractivity contribution in [1.82, 2.24) is 9.55 Å². The molecule has 0 aliphatic heterocycles. The predicted octanol–water partition coefficient (Wildman–Crippen LogP) is 1.02. The number of rotatable bonds is 8. The van der Waals surface area contributed by atoms with Crippen LogP contribution in [-0.4, -0.2) is 46.0 Å². The molecule has 1 atom stereocenters. The van der Waals surface area contributed by atoms with Crippen molar-refractivity contribution in [3.05, 3.63) is 18.2 Å². The zero-order valence-corrected chi connectivity index (χ0v) is 14.7. The van der Waals surface area contributed by atoms with Crippen molar-refractivity contribution in [3.63, 3.8) is 0 Å². The van der Waals surface area contributed by atoms with Crippen LogP contribution in [0.25, 0.3) is 11.0 Å². The number of fused-ring (bicyclic) bond motifs is 1. The third kappa shape index (κ3) is 4.07. The van der Waals surface area contributed by atoms with Crippen molar-refractivity contribution in [1.29, 1.82) is 0 Å². The highest BCUT2D eigenvalue weighted by Gasteiger charge is 2.23. The standard InChI is InChI=1S/C14H19N3O5S2/c1-2-6-17-11-4-3-9(24(15,21)22)8-10(11)16-14(17)23-12(5-7-18)13(19)20/h3-4,8,12,18H,2,5-7H2,1H3,(H,19,20)(H2,15,21,22). The molecule has 0 fully saturated rings. The van der Waals surface area contributed by atoms with E-state index in [2.05, 4.69) is 4.98 Å². The maximum atomic E-state index is 11.5. The van der Waals surface area contributed by atoms with Gasteiger partial charge in [0.15, 0.2) is 5.16 Å². The Bertz CT molecular complexity index is 847. The van der Waals surface area contributed by atoms with Gasteiger partial charge in [0.1, 0.15) is 5.25 Å². The number of hydrogen-bond donors (Lipinski definition) is 3. The van der Waals surface area contributed by atoms with Crippen molar-refractivity contribution in [2.24, 2.45) is 5.14 Å². The third-order valence-corrected chi connectivity index (χ3v) is 5.53. The Morgan fingerprint density at radius 3 is 2.71 bits per heavy atom. The first kappa shape index (κ1) is 18.7. The normalized spacial score (nSPS) is 13.3. The molecule has 10 heteroatoms. The molecule has 0 aliphatic carbocycles. The highest BCUT2D eigenvalue weighted by molar-refractivity contribution is 8.00. The number of thioether (sulfide) groups is 1. The van der Waals surface area contributed by atoms with E-state index in [9.17, 15) is 18.3 Å². The number of aryl methyl sites for hydroxylation is 1. The number of sulfonamides is 1. The van der Waals surface area contributed by atoms with E-state index in [1.165, 1.54) is 12.1 Å². The molecule has 0 spiro atoms. The molecule has 1 unspecified atom stereocenters. The van der Waals surface area contributed by atoms with Crippen LogP contribution in [0.3, 0.4) is 0 Å². The predicted molar refractivity (Wildman–Crippen MR) is 90.4 cm³/mol. The molecule has 0 saturated heterocycles. The minimum absolute atomic E-state index is 0.0437. The topological polar surface area (TPSA) is 136 Å². The quantitative estimate of drug-likeness (QED) is 0.588. The van der Waals surface area contributed by atoms with Crippen LogP contribution in [0.5, 0.6) is 0 Å². The fourth-order valence-corrected chi connectivity index (χ4v) is 3.85. The van der Waals surface area contributed by atoms with Crippen molar-refractivity contribution < 1.29 is 23.4 Å². The number of nitrogens with zero attached hydrogens (tertiary/aromatic N) is 2. The van der Waals surface area contributed by atoms with Gasteiger partial charge in [0.05, 0.1) is 15.9 Å². The lowest BCUT2D eigenvalue weighted by molar-refractivity contribution is -0.136. The summed E-state index contributed by atoms with van der Waals surface area (Å²) >= 11 is 1.04. The Kier molecular flexibility index (Phi) is 5.86. The Labute approximate surface area is 143 Å². The lowest BCUT2D eigenvalue weighted by Gasteiger charge is -2.12. The number of primary sulfonamides is 1. The lowest BCUT2D eigenvalue weighted by atomic mass is 10.3. The molecule has 0 amide bonds. The number of aliphatic carboxylic acids is 1. The van der Waals surface area contributed by atoms with Gasteiger partial charge in [0.25, 0.3) is 0 Å². The van der Waals surface area contributed by atoms with Crippen LogP contribution < -0.4 is 5.14 Å². The van der Waals surface area contributed by atoms with Crippen LogP contribution >= 0.6 is 11.8 Å². The molecule has 2 aromatic rings. The van der Waals surface area contributed by atoms with E-state index in [0.29, 0.717) is 22.7 Å². The number of aliphatic hydroxyl groups excluding tert-OH is 1. The number of imidazole rings is 1. The first-order chi connectivity index (χ1) is 11.3. The first-order valence-electron chi connectivity index (χ1n) is 7.31. The number of carboxylic acid groups (broad SMARTS) is 1. The number of hydrogen-bond acceptors (Lipinski definition) is 6. The van der Waals surface area contributed by atoms with Crippen molar-refractivity contribution in [2.75, 3.05) is 6.61 Å². The number of nitrogens with two attached hydrogens (primary N) is 1. The van der Waals surface area contributed by atoms with E-state index in [1.807, 2.05) is 11.5 Å². The maximum absolute atomic E-state index is 11.5. The van der Waals surface area contributed by atoms with E-state index >= 15 is 0 Å². The monoisotopic (exact) mass is 373 g/mol. The summed E-state index contributed by atoms with van der Waals surface area (Å²) in [5, 5.41) is 23.0. The van der Waals surface area contributed by atoms with Crippen LogP contribution in [0, 0.1) is 0 Å². The second-order valence-corrected chi connectivity index (χ2v) is 7.93. The Hall–Kier alpha value is -1.62. The maximum Gasteiger partial charge on any atom is 0.317 e. The fourth-order valence-electron chi connectivity index (χ4n) is 2.27. The summed E-state index contributed by atoms with van der Waals surface area (Å²) in [6, 6.07) is 4.40. The van der Waals surface area contributed by atoms with Gasteiger partial charge < -0.3 is 14.8 Å². The molecule has 0 saturated carbocycles. The largest absolute Gasteiger partial charge is 0.480 e. The highest BCUT2D eigenvalue weighted by atomic mass is 32.2. The molecule has 2 rings (SSSR count). The van der Waals surface area contributed by atoms with E-state index < -0.39 is 21.2 Å². The lowest BCUT2D eigenvalue weighted by Crippen LogP contribution is -2.18. The van der Waals surface area contributed by atoms with Crippen LogP contribution in [-0.2, 0) is 21.4 Å². The number of aromatic nitrogens is 2. The van der Waals surface area contributed by atoms with Crippen LogP contribution in [0.15, 0.2) is 28.3 Å². The molecule has 0 radical (unpaired) electrons. The van der Waals surface area contributed by atoms with Gasteiger partial charge in [-0.2, -0.15) is 0 Å². The second kappa shape index (κ2) is 7.51. The minimum Gasteiger partial charge on any atom is -0.480 e. The van der Waals surface area contributed by atoms with E-state index in [0.717, 1.165) is 18.2 Å². The van der Waals surface area contributed by atoms with E-state index in [-0.39, 0.29) is 17.9 Å². The number of carboxylic acids is 1. The van der Waals surface area contributed by atoms with Gasteiger partial charge in [-0.1, -0.05) is 18.7 Å². The summed E-state index contributed by atoms with van der Waals surface area (Å²) in [6.45, 7) is 2.34. The molecular formula is C14H19N3O5S2. The van der Waals surface area contributed by atoms with Crippen molar-refractivity contribution >= 4 is 38.8 Å². The molecule has 4 N–H and O–H groups in total. The molecule has 8 nitrogen and oxygen atoms in total. The van der Waals surface area contributed by atoms with Gasteiger partial charge >= 0.3 is 5.97 Å². The molecule has 1 aromatic carbocycles. The summed E-state index contributed by atoms with van der Waals surface area (Å²) in [6.07, 6.45) is 0.894. The van der Waals surface area contributed by atoms with Gasteiger partial charge in [-0.25, -0.2) is 18.5 Å². The van der Waals surface area contributed by atoms with Gasteiger partial charge in [0.2, 0.25) is 10.0 Å². The minimum atomic E-state index is -3.84. The average molecular weight is 373 g/mol. The molecule has 1 heterocycles. The number of carbonyl (C=O) groups is 1. The average Bonchev–Trinajstić information content (AvgIpc) is 2.83. The molecular weight excluding hydrogens is 354 g/mol. The summed E-state index contributed by atoms with van der Waals surface area (Å²) < 4.78 is 24.8. The van der Waals surface area contributed by atoms with Gasteiger partial charge in [-0.3, -0.25) is 4.79 Å². The summed E-state index contributed by atoms with van der Waals surface area (Å²) in [4.78, 5) is 15.6. The van der Waals surface area contributed by atoms with E-state index in [1.54, 1.807) is 6.07 Å². The third-order valence-electron chi connectivity index (χ3n) is 3.37. The number of aliphatic hydroxyl groups is 1. The highest BCUT2D eigenvalue weighted by Crippen LogP contribution is 2.30. The molecule has 0 bridgehead atoms. The Morgan fingerprint density at radius 1 is 1.46 bits per heavy atom. The zero-order chi connectivity index (χ0) is 17.9. The van der Waals surface area contributed by atoms with Gasteiger partial charge in [-0.05, 0) is 31.0 Å². The Balaban J connectivity index is 2.51. The van der Waals surface area contributed by atoms with Gasteiger partial charge in [-0.15, -0.1) is 0 Å². The second-order valence-electron chi connectivity index (χ2n) is 5.20. The fraction of sp³-hybridized carbons (Fsp3) is 0.429. The molecule has 1 aromatic heterocycles. The molecule has 0 aliphatic rings. The summed E-state index contributed by atoms with van der Waals surface area (Å²) in [5.41, 5.74) is 1.14.